The zero-order chi connectivity index (χ0) is 15.8. The van der Waals surface area contributed by atoms with Crippen LogP contribution in [-0.2, 0) is 17.1 Å². The summed E-state index contributed by atoms with van der Waals surface area (Å²) in [4.78, 5) is 2.47. The van der Waals surface area contributed by atoms with Gasteiger partial charge in [-0.1, -0.05) is 0 Å². The normalized spacial score (nSPS) is 18.8. The fourth-order valence-electron chi connectivity index (χ4n) is 2.80. The van der Waals surface area contributed by atoms with Gasteiger partial charge in [0.2, 0.25) is 10.0 Å². The number of nitrogen functional groups attached to an aromatic ring is 1. The number of aryl methyl sites for hydroxylation is 1. The third-order valence-corrected chi connectivity index (χ3v) is 6.15. The van der Waals surface area contributed by atoms with E-state index in [4.69, 9.17) is 5.73 Å². The number of sulfonamides is 1. The third kappa shape index (κ3) is 3.22. The summed E-state index contributed by atoms with van der Waals surface area (Å²) in [7, 11) is -0.280. The average Bonchev–Trinajstić information content (AvgIpc) is 2.77. The second-order valence-corrected chi connectivity index (χ2v) is 7.90. The van der Waals surface area contributed by atoms with Crippen molar-refractivity contribution in [2.45, 2.75) is 43.7 Å². The van der Waals surface area contributed by atoms with Crippen LogP contribution in [0, 0.1) is 0 Å². The van der Waals surface area contributed by atoms with Gasteiger partial charge in [-0.05, 0) is 39.8 Å². The lowest BCUT2D eigenvalue weighted by atomic mass is 10.0. The summed E-state index contributed by atoms with van der Waals surface area (Å²) in [6.07, 6.45) is 3.15. The number of piperidine rings is 1. The minimum absolute atomic E-state index is 0.0182. The number of hydrogen-bond donors (Lipinski definition) is 1. The molecule has 1 saturated heterocycles. The van der Waals surface area contributed by atoms with Crippen LogP contribution in [0.5, 0.6) is 0 Å². The summed E-state index contributed by atoms with van der Waals surface area (Å²) in [6.45, 7) is 6.17. The molecule has 1 aliphatic heterocycles. The van der Waals surface area contributed by atoms with Gasteiger partial charge in [-0.15, -0.1) is 0 Å². The Balaban J connectivity index is 2.13. The minimum atomic E-state index is -3.58. The van der Waals surface area contributed by atoms with Crippen molar-refractivity contribution in [1.29, 1.82) is 0 Å². The molecule has 0 amide bonds. The Labute approximate surface area is 126 Å². The van der Waals surface area contributed by atoms with Crippen LogP contribution in [0.25, 0.3) is 0 Å². The number of rotatable bonds is 4. The zero-order valence-corrected chi connectivity index (χ0v) is 14.0. The topological polar surface area (TPSA) is 84.5 Å². The molecule has 0 aliphatic carbocycles. The first-order valence-corrected chi connectivity index (χ1v) is 8.68. The van der Waals surface area contributed by atoms with Crippen molar-refractivity contribution in [2.75, 3.05) is 25.9 Å². The van der Waals surface area contributed by atoms with Crippen molar-refractivity contribution in [1.82, 2.24) is 19.0 Å². The van der Waals surface area contributed by atoms with Crippen LogP contribution in [0.3, 0.4) is 0 Å². The van der Waals surface area contributed by atoms with Crippen LogP contribution in [-0.4, -0.2) is 59.6 Å². The van der Waals surface area contributed by atoms with Crippen LogP contribution in [0.4, 0.5) is 5.82 Å². The van der Waals surface area contributed by atoms with E-state index in [2.05, 4.69) is 23.8 Å². The van der Waals surface area contributed by atoms with Crippen molar-refractivity contribution < 1.29 is 8.42 Å². The predicted molar refractivity (Wildman–Crippen MR) is 82.3 cm³/mol. The molecule has 21 heavy (non-hydrogen) atoms. The maximum Gasteiger partial charge on any atom is 0.248 e. The third-order valence-electron chi connectivity index (χ3n) is 4.22. The van der Waals surface area contributed by atoms with E-state index in [9.17, 15) is 8.42 Å². The number of aromatic nitrogens is 2. The summed E-state index contributed by atoms with van der Waals surface area (Å²) in [5.74, 6) is 0.0592. The van der Waals surface area contributed by atoms with E-state index >= 15 is 0 Å². The van der Waals surface area contributed by atoms with E-state index in [1.807, 2.05) is 0 Å². The van der Waals surface area contributed by atoms with Crippen LogP contribution in [0.1, 0.15) is 26.7 Å². The lowest BCUT2D eigenvalue weighted by Gasteiger charge is -2.37. The Morgan fingerprint density at radius 3 is 2.38 bits per heavy atom. The molecule has 0 unspecified atom stereocenters. The first-order valence-electron chi connectivity index (χ1n) is 7.24. The maximum absolute atomic E-state index is 12.7. The first-order chi connectivity index (χ1) is 9.73. The van der Waals surface area contributed by atoms with Crippen molar-refractivity contribution in [2.24, 2.45) is 7.05 Å². The molecule has 1 aliphatic rings. The number of likely N-dealkylation sites (tertiary alicyclic amines) is 1. The molecule has 1 aromatic heterocycles. The first kappa shape index (κ1) is 16.3. The molecule has 1 aromatic rings. The van der Waals surface area contributed by atoms with E-state index in [0.29, 0.717) is 6.04 Å². The highest BCUT2D eigenvalue weighted by Gasteiger charge is 2.33. The molecule has 1 fully saturated rings. The number of anilines is 1. The fourth-order valence-corrected chi connectivity index (χ4v) is 4.30. The monoisotopic (exact) mass is 315 g/mol. The summed E-state index contributed by atoms with van der Waals surface area (Å²) < 4.78 is 28.2. The molecule has 2 rings (SSSR count). The standard InChI is InChI=1S/C13H25N5O2S/c1-10(2)18-7-5-11(6-8-18)17(4)21(19,20)12-9-16(3)15-13(12)14/h9-11H,5-8H2,1-4H3,(H2,14,15). The molecule has 7 nitrogen and oxygen atoms in total. The van der Waals surface area contributed by atoms with Crippen LogP contribution in [0.2, 0.25) is 0 Å². The lowest BCUT2D eigenvalue weighted by molar-refractivity contribution is 0.140. The molecule has 120 valence electrons. The Morgan fingerprint density at radius 2 is 1.95 bits per heavy atom. The predicted octanol–water partition coefficient (Wildman–Crippen LogP) is 0.496. The second-order valence-electron chi connectivity index (χ2n) is 5.93. The van der Waals surface area contributed by atoms with Crippen molar-refractivity contribution in [3.05, 3.63) is 6.20 Å². The van der Waals surface area contributed by atoms with E-state index < -0.39 is 10.0 Å². The smallest absolute Gasteiger partial charge is 0.248 e. The van der Waals surface area contributed by atoms with Gasteiger partial charge in [0.1, 0.15) is 4.90 Å². The Hall–Kier alpha value is -1.12. The molecule has 2 N–H and O–H groups in total. The molecular weight excluding hydrogens is 290 g/mol. The highest BCUT2D eigenvalue weighted by Crippen LogP contribution is 2.25. The molecule has 0 saturated carbocycles. The summed E-state index contributed by atoms with van der Waals surface area (Å²) in [5.41, 5.74) is 5.71. The van der Waals surface area contributed by atoms with Gasteiger partial charge in [-0.25, -0.2) is 8.42 Å². The van der Waals surface area contributed by atoms with E-state index in [1.54, 1.807) is 14.1 Å². The van der Waals surface area contributed by atoms with E-state index in [-0.39, 0.29) is 16.8 Å². The summed E-state index contributed by atoms with van der Waals surface area (Å²) in [6, 6.07) is 0.520. The zero-order valence-electron chi connectivity index (χ0n) is 13.2. The molecule has 0 atom stereocenters. The van der Waals surface area contributed by atoms with Gasteiger partial charge in [-0.3, -0.25) is 4.68 Å². The second kappa shape index (κ2) is 5.94. The molecule has 8 heteroatoms. The molecule has 0 spiro atoms. The van der Waals surface area contributed by atoms with Crippen LogP contribution < -0.4 is 5.73 Å². The number of nitrogens with zero attached hydrogens (tertiary/aromatic N) is 4. The molecule has 0 aromatic carbocycles. The quantitative estimate of drug-likeness (QED) is 0.874. The van der Waals surface area contributed by atoms with Gasteiger partial charge in [0.15, 0.2) is 5.82 Å². The molecule has 0 radical (unpaired) electrons. The maximum atomic E-state index is 12.7. The lowest BCUT2D eigenvalue weighted by Crippen LogP contribution is -2.47. The molecule has 0 bridgehead atoms. The van der Waals surface area contributed by atoms with E-state index in [1.165, 1.54) is 15.2 Å². The largest absolute Gasteiger partial charge is 0.381 e. The van der Waals surface area contributed by atoms with Gasteiger partial charge < -0.3 is 10.6 Å². The van der Waals surface area contributed by atoms with Gasteiger partial charge in [0.25, 0.3) is 0 Å². The molecular formula is C13H25N5O2S. The molecule has 2 heterocycles. The Kier molecular flexibility index (Phi) is 4.60. The van der Waals surface area contributed by atoms with Crippen LogP contribution >= 0.6 is 0 Å². The van der Waals surface area contributed by atoms with Gasteiger partial charge in [0, 0.05) is 32.4 Å². The van der Waals surface area contributed by atoms with Gasteiger partial charge in [0.05, 0.1) is 0 Å². The van der Waals surface area contributed by atoms with Crippen molar-refractivity contribution in [3.63, 3.8) is 0 Å². The highest BCUT2D eigenvalue weighted by atomic mass is 32.2. The number of hydrogen-bond acceptors (Lipinski definition) is 5. The summed E-state index contributed by atoms with van der Waals surface area (Å²) in [5, 5.41) is 3.92. The Bertz CT molecular complexity index is 588. The SMILES string of the molecule is CC(C)N1CCC(N(C)S(=O)(=O)c2cn(C)nc2N)CC1. The average molecular weight is 315 g/mol. The highest BCUT2D eigenvalue weighted by molar-refractivity contribution is 7.89. The van der Waals surface area contributed by atoms with E-state index in [0.717, 1.165) is 25.9 Å². The van der Waals surface area contributed by atoms with Gasteiger partial charge >= 0.3 is 0 Å². The number of nitrogens with two attached hydrogens (primary N) is 1. The Morgan fingerprint density at radius 1 is 1.38 bits per heavy atom. The summed E-state index contributed by atoms with van der Waals surface area (Å²) >= 11 is 0. The van der Waals surface area contributed by atoms with Crippen molar-refractivity contribution >= 4 is 15.8 Å². The van der Waals surface area contributed by atoms with Crippen LogP contribution in [0.15, 0.2) is 11.1 Å². The van der Waals surface area contributed by atoms with Gasteiger partial charge in [-0.2, -0.15) is 9.40 Å². The minimum Gasteiger partial charge on any atom is -0.381 e. The fraction of sp³-hybridized carbons (Fsp3) is 0.769. The van der Waals surface area contributed by atoms with Crippen molar-refractivity contribution in [3.8, 4) is 0 Å².